The van der Waals surface area contributed by atoms with E-state index in [1.807, 2.05) is 13.8 Å². The third kappa shape index (κ3) is 8.72. The molecule has 0 bridgehead atoms. The van der Waals surface area contributed by atoms with Crippen LogP contribution in [0.4, 0.5) is 0 Å². The van der Waals surface area contributed by atoms with E-state index in [4.69, 9.17) is 30.9 Å². The van der Waals surface area contributed by atoms with Crippen LogP contribution >= 0.6 is 11.6 Å². The molecule has 0 aliphatic rings. The maximum Gasteiger partial charge on any atom is 0.168 e. The molecule has 0 spiro atoms. The zero-order chi connectivity index (χ0) is 10.8. The van der Waals surface area contributed by atoms with E-state index in [9.17, 15) is 0 Å². The molecule has 0 radical (unpaired) electrons. The Morgan fingerprint density at radius 2 is 2.00 bits per heavy atom. The molecule has 0 amide bonds. The van der Waals surface area contributed by atoms with Gasteiger partial charge in [0.15, 0.2) is 6.29 Å². The molecular formula is C9H19ClO4. The van der Waals surface area contributed by atoms with E-state index in [1.165, 1.54) is 0 Å². The summed E-state index contributed by atoms with van der Waals surface area (Å²) in [6, 6.07) is 0. The van der Waals surface area contributed by atoms with Gasteiger partial charge >= 0.3 is 0 Å². The van der Waals surface area contributed by atoms with Gasteiger partial charge in [-0.2, -0.15) is 0 Å². The quantitative estimate of drug-likeness (QED) is 0.362. The minimum Gasteiger partial charge on any atom is -0.379 e. The first kappa shape index (κ1) is 14.1. The molecule has 4 nitrogen and oxygen atoms in total. The summed E-state index contributed by atoms with van der Waals surface area (Å²) in [6.45, 7) is 5.95. The average molecular weight is 227 g/mol. The van der Waals surface area contributed by atoms with E-state index >= 15 is 0 Å². The normalized spacial score (nSPS) is 15.4. The maximum absolute atomic E-state index is 8.98. The van der Waals surface area contributed by atoms with Crippen LogP contribution in [0.15, 0.2) is 0 Å². The van der Waals surface area contributed by atoms with E-state index in [0.29, 0.717) is 26.4 Å². The van der Waals surface area contributed by atoms with Crippen molar-refractivity contribution in [3.63, 3.8) is 0 Å². The highest BCUT2D eigenvalue weighted by atomic mass is 35.5. The second kappa shape index (κ2) is 9.68. The summed E-state index contributed by atoms with van der Waals surface area (Å²) in [5.41, 5.74) is 0. The summed E-state index contributed by atoms with van der Waals surface area (Å²) in [7, 11) is 0. The van der Waals surface area contributed by atoms with Crippen molar-refractivity contribution in [3.8, 4) is 0 Å². The van der Waals surface area contributed by atoms with Crippen molar-refractivity contribution in [2.75, 3.05) is 32.3 Å². The molecule has 2 atom stereocenters. The molecule has 0 aromatic heterocycles. The summed E-state index contributed by atoms with van der Waals surface area (Å²) in [6.07, 6.45) is -0.970. The van der Waals surface area contributed by atoms with E-state index in [2.05, 4.69) is 0 Å². The van der Waals surface area contributed by atoms with Crippen LogP contribution in [0.3, 0.4) is 0 Å². The van der Waals surface area contributed by atoms with E-state index in [0.717, 1.165) is 0 Å². The fourth-order valence-corrected chi connectivity index (χ4v) is 0.881. The van der Waals surface area contributed by atoms with Crippen molar-refractivity contribution < 1.29 is 19.3 Å². The zero-order valence-electron chi connectivity index (χ0n) is 8.74. The Balaban J connectivity index is 3.23. The van der Waals surface area contributed by atoms with Gasteiger partial charge in [-0.15, -0.1) is 11.6 Å². The summed E-state index contributed by atoms with van der Waals surface area (Å²) in [5, 5.41) is 8.98. The highest BCUT2D eigenvalue weighted by Crippen LogP contribution is 1.96. The molecule has 0 aliphatic heterocycles. The second-order valence-electron chi connectivity index (χ2n) is 2.82. The predicted molar refractivity (Wildman–Crippen MR) is 54.6 cm³/mol. The molecule has 1 N–H and O–H groups in total. The van der Waals surface area contributed by atoms with Crippen molar-refractivity contribution in [3.05, 3.63) is 0 Å². The highest BCUT2D eigenvalue weighted by Gasteiger charge is 2.06. The molecule has 86 valence electrons. The predicted octanol–water partition coefficient (Wildman–Crippen LogP) is 1.00. The molecule has 0 heterocycles. The first-order valence-corrected chi connectivity index (χ1v) is 5.29. The molecule has 0 aliphatic carbocycles. The lowest BCUT2D eigenvalue weighted by atomic mass is 10.4. The Bertz CT molecular complexity index is 123. The first-order valence-electron chi connectivity index (χ1n) is 4.75. The molecule has 0 fully saturated rings. The molecule has 0 saturated heterocycles. The molecule has 0 aromatic rings. The number of halogens is 1. The van der Waals surface area contributed by atoms with Crippen molar-refractivity contribution in [1.29, 1.82) is 0 Å². The van der Waals surface area contributed by atoms with Gasteiger partial charge in [0.2, 0.25) is 0 Å². The van der Waals surface area contributed by atoms with Crippen molar-refractivity contribution in [1.82, 2.24) is 0 Å². The standard InChI is InChI=1S/C9H19ClO4/c1-3-12-4-5-13-8(2)7-14-9(11)6-10/h8-9,11H,3-7H2,1-2H3. The molecule has 14 heavy (non-hydrogen) atoms. The van der Waals surface area contributed by atoms with E-state index < -0.39 is 6.29 Å². The molecular weight excluding hydrogens is 208 g/mol. The Kier molecular flexibility index (Phi) is 9.77. The minimum absolute atomic E-state index is 0.0617. The third-order valence-corrected chi connectivity index (χ3v) is 1.75. The van der Waals surface area contributed by atoms with Gasteiger partial charge in [-0.1, -0.05) is 0 Å². The Labute approximate surface area is 90.1 Å². The van der Waals surface area contributed by atoms with Crippen molar-refractivity contribution >= 4 is 11.6 Å². The average Bonchev–Trinajstić information content (AvgIpc) is 2.21. The summed E-state index contributed by atoms with van der Waals surface area (Å²) in [4.78, 5) is 0. The lowest BCUT2D eigenvalue weighted by Crippen LogP contribution is -2.23. The van der Waals surface area contributed by atoms with E-state index in [1.54, 1.807) is 0 Å². The van der Waals surface area contributed by atoms with Crippen LogP contribution in [-0.2, 0) is 14.2 Å². The molecule has 0 aromatic carbocycles. The minimum atomic E-state index is -0.908. The fourth-order valence-electron chi connectivity index (χ4n) is 0.792. The van der Waals surface area contributed by atoms with Gasteiger partial charge in [-0.3, -0.25) is 0 Å². The lowest BCUT2D eigenvalue weighted by molar-refractivity contribution is -0.118. The number of aliphatic hydroxyl groups excluding tert-OH is 1. The van der Waals surface area contributed by atoms with Gasteiger partial charge in [0.1, 0.15) is 0 Å². The molecule has 0 rings (SSSR count). The summed E-state index contributed by atoms with van der Waals surface area (Å²) < 4.78 is 15.4. The maximum atomic E-state index is 8.98. The van der Waals surface area contributed by atoms with Crippen LogP contribution in [0.1, 0.15) is 13.8 Å². The SMILES string of the molecule is CCOCCOC(C)COC(O)CCl. The van der Waals surface area contributed by atoms with Gasteiger partial charge in [-0.05, 0) is 13.8 Å². The fraction of sp³-hybridized carbons (Fsp3) is 1.00. The zero-order valence-corrected chi connectivity index (χ0v) is 9.50. The number of ether oxygens (including phenoxy) is 3. The van der Waals surface area contributed by atoms with Gasteiger partial charge in [-0.25, -0.2) is 0 Å². The number of rotatable bonds is 9. The van der Waals surface area contributed by atoms with E-state index in [-0.39, 0.29) is 12.0 Å². The van der Waals surface area contributed by atoms with Crippen LogP contribution in [0, 0.1) is 0 Å². The number of aliphatic hydroxyl groups is 1. The Morgan fingerprint density at radius 1 is 1.29 bits per heavy atom. The first-order chi connectivity index (χ1) is 6.70. The Hall–Kier alpha value is 0.130. The lowest BCUT2D eigenvalue weighted by Gasteiger charge is -2.15. The van der Waals surface area contributed by atoms with Gasteiger partial charge < -0.3 is 19.3 Å². The number of hydrogen-bond acceptors (Lipinski definition) is 4. The van der Waals surface area contributed by atoms with Crippen molar-refractivity contribution in [2.45, 2.75) is 26.2 Å². The van der Waals surface area contributed by atoms with Gasteiger partial charge in [0.25, 0.3) is 0 Å². The van der Waals surface area contributed by atoms with Crippen molar-refractivity contribution in [2.24, 2.45) is 0 Å². The topological polar surface area (TPSA) is 47.9 Å². The monoisotopic (exact) mass is 226 g/mol. The number of alkyl halides is 1. The van der Waals surface area contributed by atoms with Crippen LogP contribution in [-0.4, -0.2) is 49.8 Å². The largest absolute Gasteiger partial charge is 0.379 e. The van der Waals surface area contributed by atoms with Gasteiger partial charge in [0.05, 0.1) is 31.8 Å². The van der Waals surface area contributed by atoms with Crippen LogP contribution < -0.4 is 0 Å². The second-order valence-corrected chi connectivity index (χ2v) is 3.13. The molecule has 0 saturated carbocycles. The third-order valence-electron chi connectivity index (χ3n) is 1.49. The number of hydrogen-bond donors (Lipinski definition) is 1. The van der Waals surface area contributed by atoms with Gasteiger partial charge in [0, 0.05) is 6.61 Å². The molecule has 5 heteroatoms. The highest BCUT2D eigenvalue weighted by molar-refractivity contribution is 6.18. The van der Waals surface area contributed by atoms with Crippen LogP contribution in [0.2, 0.25) is 0 Å². The smallest absolute Gasteiger partial charge is 0.168 e. The summed E-state index contributed by atoms with van der Waals surface area (Å²) in [5.74, 6) is 0.0751. The Morgan fingerprint density at radius 3 is 2.57 bits per heavy atom. The van der Waals surface area contributed by atoms with Crippen LogP contribution in [0.25, 0.3) is 0 Å². The van der Waals surface area contributed by atoms with Crippen LogP contribution in [0.5, 0.6) is 0 Å². The summed E-state index contributed by atoms with van der Waals surface area (Å²) >= 11 is 5.35. The molecule has 2 unspecified atom stereocenters.